The van der Waals surface area contributed by atoms with Gasteiger partial charge in [-0.05, 0) is 30.7 Å². The van der Waals surface area contributed by atoms with Gasteiger partial charge in [0.15, 0.2) is 0 Å². The van der Waals surface area contributed by atoms with E-state index in [0.717, 1.165) is 37.7 Å². The van der Waals surface area contributed by atoms with E-state index in [9.17, 15) is 0 Å². The highest BCUT2D eigenvalue weighted by Crippen LogP contribution is 2.18. The normalized spacial score (nSPS) is 16.6. The number of pyridine rings is 1. The van der Waals surface area contributed by atoms with E-state index in [2.05, 4.69) is 34.3 Å². The van der Waals surface area contributed by atoms with E-state index < -0.39 is 0 Å². The lowest BCUT2D eigenvalue weighted by atomic mass is 10.3. The third-order valence-electron chi connectivity index (χ3n) is 2.84. The third-order valence-corrected chi connectivity index (χ3v) is 3.89. The Bertz CT molecular complexity index is 335. The van der Waals surface area contributed by atoms with Gasteiger partial charge in [-0.1, -0.05) is 13.0 Å². The monoisotopic (exact) mass is 251 g/mol. The number of thioether (sulfide) groups is 1. The van der Waals surface area contributed by atoms with Crippen LogP contribution in [0.4, 0.5) is 11.6 Å². The van der Waals surface area contributed by atoms with E-state index in [1.54, 1.807) is 0 Å². The average molecular weight is 251 g/mol. The molecule has 1 aliphatic heterocycles. The van der Waals surface area contributed by atoms with E-state index in [0.29, 0.717) is 0 Å². The minimum absolute atomic E-state index is 0.992. The Hall–Kier alpha value is -0.900. The molecule has 0 aliphatic carbocycles. The zero-order chi connectivity index (χ0) is 11.9. The minimum atomic E-state index is 0.992. The topological polar surface area (TPSA) is 28.2 Å². The predicted molar refractivity (Wildman–Crippen MR) is 77.2 cm³/mol. The SMILES string of the molecule is CCCNc1cccc(N2CCCSCC2)n1. The quantitative estimate of drug-likeness (QED) is 0.890. The summed E-state index contributed by atoms with van der Waals surface area (Å²) in [5.41, 5.74) is 0. The lowest BCUT2D eigenvalue weighted by Crippen LogP contribution is -2.26. The molecule has 1 aromatic heterocycles. The van der Waals surface area contributed by atoms with Gasteiger partial charge in [0.1, 0.15) is 11.6 Å². The molecule has 1 saturated heterocycles. The average Bonchev–Trinajstić information content (AvgIpc) is 2.65. The molecule has 1 aliphatic rings. The van der Waals surface area contributed by atoms with Crippen molar-refractivity contribution in [1.29, 1.82) is 0 Å². The van der Waals surface area contributed by atoms with Crippen molar-refractivity contribution in [2.45, 2.75) is 19.8 Å². The standard InChI is InChI=1S/C13H21N3S/c1-2-7-14-12-5-3-6-13(15-12)16-8-4-10-17-11-9-16/h3,5-6H,2,4,7-11H2,1H3,(H,14,15). The van der Waals surface area contributed by atoms with Crippen LogP contribution in [0.1, 0.15) is 19.8 Å². The Morgan fingerprint density at radius 2 is 2.29 bits per heavy atom. The van der Waals surface area contributed by atoms with E-state index in [-0.39, 0.29) is 0 Å². The molecule has 0 atom stereocenters. The van der Waals surface area contributed by atoms with E-state index in [1.807, 2.05) is 17.8 Å². The second-order valence-electron chi connectivity index (χ2n) is 4.26. The number of aromatic nitrogens is 1. The molecule has 0 unspecified atom stereocenters. The van der Waals surface area contributed by atoms with Gasteiger partial charge in [0, 0.05) is 25.4 Å². The van der Waals surface area contributed by atoms with Gasteiger partial charge in [-0.25, -0.2) is 4.98 Å². The van der Waals surface area contributed by atoms with Gasteiger partial charge in [-0.3, -0.25) is 0 Å². The molecule has 17 heavy (non-hydrogen) atoms. The maximum atomic E-state index is 4.68. The van der Waals surface area contributed by atoms with Crippen LogP contribution in [0.25, 0.3) is 0 Å². The van der Waals surface area contributed by atoms with Gasteiger partial charge < -0.3 is 10.2 Å². The smallest absolute Gasteiger partial charge is 0.130 e. The first kappa shape index (κ1) is 12.6. The van der Waals surface area contributed by atoms with Crippen molar-refractivity contribution in [2.75, 3.05) is 41.4 Å². The van der Waals surface area contributed by atoms with Gasteiger partial charge >= 0.3 is 0 Å². The fourth-order valence-electron chi connectivity index (χ4n) is 1.93. The third kappa shape index (κ3) is 3.80. The van der Waals surface area contributed by atoms with Gasteiger partial charge in [-0.15, -0.1) is 0 Å². The molecule has 4 heteroatoms. The molecule has 94 valence electrons. The fourth-order valence-corrected chi connectivity index (χ4v) is 2.81. The van der Waals surface area contributed by atoms with Crippen molar-refractivity contribution in [3.8, 4) is 0 Å². The Labute approximate surface area is 108 Å². The lowest BCUT2D eigenvalue weighted by Gasteiger charge is -2.21. The summed E-state index contributed by atoms with van der Waals surface area (Å²) in [6.07, 6.45) is 2.39. The van der Waals surface area contributed by atoms with Crippen LogP contribution in [-0.4, -0.2) is 36.1 Å². The van der Waals surface area contributed by atoms with Crippen LogP contribution < -0.4 is 10.2 Å². The minimum Gasteiger partial charge on any atom is -0.370 e. The van der Waals surface area contributed by atoms with Gasteiger partial charge in [0.25, 0.3) is 0 Å². The van der Waals surface area contributed by atoms with Crippen LogP contribution in [0.3, 0.4) is 0 Å². The highest BCUT2D eigenvalue weighted by molar-refractivity contribution is 7.99. The summed E-state index contributed by atoms with van der Waals surface area (Å²) >= 11 is 2.05. The van der Waals surface area contributed by atoms with Crippen LogP contribution in [0.15, 0.2) is 18.2 Å². The number of hydrogen-bond donors (Lipinski definition) is 1. The van der Waals surface area contributed by atoms with Gasteiger partial charge in [0.2, 0.25) is 0 Å². The van der Waals surface area contributed by atoms with Gasteiger partial charge in [-0.2, -0.15) is 11.8 Å². The Kier molecular flexibility index (Phi) is 4.98. The molecule has 2 heterocycles. The number of hydrogen-bond acceptors (Lipinski definition) is 4. The van der Waals surface area contributed by atoms with Crippen LogP contribution >= 0.6 is 11.8 Å². The van der Waals surface area contributed by atoms with Crippen molar-refractivity contribution in [1.82, 2.24) is 4.98 Å². The number of nitrogens with one attached hydrogen (secondary N) is 1. The summed E-state index contributed by atoms with van der Waals surface area (Å²) in [5.74, 6) is 4.62. The number of nitrogens with zero attached hydrogens (tertiary/aromatic N) is 2. The van der Waals surface area contributed by atoms with Crippen LogP contribution in [0.2, 0.25) is 0 Å². The zero-order valence-electron chi connectivity index (χ0n) is 10.5. The Balaban J connectivity index is 2.03. The molecule has 0 aromatic carbocycles. The van der Waals surface area contributed by atoms with E-state index in [4.69, 9.17) is 0 Å². The molecule has 1 aromatic rings. The predicted octanol–water partition coefficient (Wildman–Crippen LogP) is 2.85. The van der Waals surface area contributed by atoms with Crippen LogP contribution in [-0.2, 0) is 0 Å². The van der Waals surface area contributed by atoms with Crippen molar-refractivity contribution >= 4 is 23.4 Å². The van der Waals surface area contributed by atoms with Crippen molar-refractivity contribution in [3.63, 3.8) is 0 Å². The molecule has 1 fully saturated rings. The summed E-state index contributed by atoms with van der Waals surface area (Å²) in [6, 6.07) is 6.26. The highest BCUT2D eigenvalue weighted by Gasteiger charge is 2.11. The molecular weight excluding hydrogens is 230 g/mol. The molecule has 0 bridgehead atoms. The van der Waals surface area contributed by atoms with Crippen molar-refractivity contribution in [2.24, 2.45) is 0 Å². The second-order valence-corrected chi connectivity index (χ2v) is 5.49. The zero-order valence-corrected chi connectivity index (χ0v) is 11.3. The summed E-state index contributed by atoms with van der Waals surface area (Å²) in [4.78, 5) is 7.08. The highest BCUT2D eigenvalue weighted by atomic mass is 32.2. The van der Waals surface area contributed by atoms with Crippen molar-refractivity contribution < 1.29 is 0 Å². The molecule has 0 amide bonds. The first-order valence-corrected chi connectivity index (χ1v) is 7.59. The molecule has 1 N–H and O–H groups in total. The molecule has 2 rings (SSSR count). The molecule has 3 nitrogen and oxygen atoms in total. The van der Waals surface area contributed by atoms with E-state index in [1.165, 1.54) is 17.9 Å². The number of rotatable bonds is 4. The summed E-state index contributed by atoms with van der Waals surface area (Å²) in [5, 5.41) is 3.35. The largest absolute Gasteiger partial charge is 0.370 e. The lowest BCUT2D eigenvalue weighted by molar-refractivity contribution is 0.801. The Morgan fingerprint density at radius 1 is 1.35 bits per heavy atom. The van der Waals surface area contributed by atoms with Gasteiger partial charge in [0.05, 0.1) is 0 Å². The molecule has 0 spiro atoms. The number of anilines is 2. The maximum absolute atomic E-state index is 4.68. The van der Waals surface area contributed by atoms with Crippen LogP contribution in [0, 0.1) is 0 Å². The fraction of sp³-hybridized carbons (Fsp3) is 0.615. The second kappa shape index (κ2) is 6.74. The molecule has 0 radical (unpaired) electrons. The van der Waals surface area contributed by atoms with E-state index >= 15 is 0 Å². The summed E-state index contributed by atoms with van der Waals surface area (Å²) < 4.78 is 0. The maximum Gasteiger partial charge on any atom is 0.130 e. The summed E-state index contributed by atoms with van der Waals surface area (Å²) in [7, 11) is 0. The Morgan fingerprint density at radius 3 is 3.18 bits per heavy atom. The van der Waals surface area contributed by atoms with Crippen LogP contribution in [0.5, 0.6) is 0 Å². The molecular formula is C13H21N3S. The molecule has 0 saturated carbocycles. The first-order valence-electron chi connectivity index (χ1n) is 6.44. The summed E-state index contributed by atoms with van der Waals surface area (Å²) in [6.45, 7) is 5.42. The van der Waals surface area contributed by atoms with Crippen molar-refractivity contribution in [3.05, 3.63) is 18.2 Å². The first-order chi connectivity index (χ1) is 8.40.